The molecule has 1 amide bonds. The van der Waals surface area contributed by atoms with Crippen LogP contribution in [0.1, 0.15) is 40.5 Å². The highest BCUT2D eigenvalue weighted by Gasteiger charge is 2.41. The van der Waals surface area contributed by atoms with E-state index in [-0.39, 0.29) is 17.5 Å². The standard InChI is InChI=1S/C14H28N3O3P/c1-9(16-21-5)11(12(18)15-14(2,3)4)17-8-6-7-10(17)13(19)20/h9-11,16,21H,6-8H2,1-5H3,(H,15,18)(H,19,20)/t9-,10-,11-/m0/s1. The molecule has 6 nitrogen and oxygen atoms in total. The number of carboxylic acid groups (broad SMARTS) is 1. The molecule has 122 valence electrons. The van der Waals surface area contributed by atoms with Crippen molar-refractivity contribution in [1.82, 2.24) is 15.3 Å². The van der Waals surface area contributed by atoms with Gasteiger partial charge >= 0.3 is 5.97 Å². The number of amides is 1. The van der Waals surface area contributed by atoms with Crippen LogP contribution >= 0.6 is 8.73 Å². The largest absolute Gasteiger partial charge is 0.480 e. The van der Waals surface area contributed by atoms with E-state index in [0.717, 1.165) is 6.42 Å². The van der Waals surface area contributed by atoms with Crippen LogP contribution in [-0.4, -0.2) is 58.8 Å². The second-order valence-corrected chi connectivity index (χ2v) is 7.39. The molecule has 1 aliphatic heterocycles. The van der Waals surface area contributed by atoms with Gasteiger partial charge in [0.2, 0.25) is 5.91 Å². The molecule has 0 aromatic heterocycles. The quantitative estimate of drug-likeness (QED) is 0.637. The minimum Gasteiger partial charge on any atom is -0.480 e. The number of hydrogen-bond acceptors (Lipinski definition) is 4. The molecule has 1 fully saturated rings. The highest BCUT2D eigenvalue weighted by atomic mass is 31.1. The predicted octanol–water partition coefficient (Wildman–Crippen LogP) is 1.02. The van der Waals surface area contributed by atoms with Crippen molar-refractivity contribution in [2.24, 2.45) is 0 Å². The summed E-state index contributed by atoms with van der Waals surface area (Å²) in [5, 5.41) is 15.6. The van der Waals surface area contributed by atoms with Gasteiger partial charge in [0, 0.05) is 11.6 Å². The zero-order chi connectivity index (χ0) is 16.2. The Morgan fingerprint density at radius 1 is 1.38 bits per heavy atom. The van der Waals surface area contributed by atoms with Gasteiger partial charge in [-0.2, -0.15) is 0 Å². The van der Waals surface area contributed by atoms with Crippen LogP contribution in [0.25, 0.3) is 0 Å². The van der Waals surface area contributed by atoms with Gasteiger partial charge < -0.3 is 10.4 Å². The summed E-state index contributed by atoms with van der Waals surface area (Å²) in [6.07, 6.45) is 1.42. The van der Waals surface area contributed by atoms with Gasteiger partial charge in [0.1, 0.15) is 12.1 Å². The zero-order valence-corrected chi connectivity index (χ0v) is 14.6. The maximum Gasteiger partial charge on any atom is 0.320 e. The average molecular weight is 317 g/mol. The van der Waals surface area contributed by atoms with Crippen LogP contribution < -0.4 is 10.4 Å². The van der Waals surface area contributed by atoms with E-state index in [1.165, 1.54) is 0 Å². The molecule has 0 aromatic rings. The van der Waals surface area contributed by atoms with E-state index in [4.69, 9.17) is 0 Å². The van der Waals surface area contributed by atoms with Crippen LogP contribution in [-0.2, 0) is 9.59 Å². The van der Waals surface area contributed by atoms with Gasteiger partial charge in [-0.05, 0) is 53.7 Å². The average Bonchev–Trinajstić information content (AvgIpc) is 2.76. The predicted molar refractivity (Wildman–Crippen MR) is 85.9 cm³/mol. The molecule has 1 heterocycles. The maximum atomic E-state index is 12.6. The molecule has 1 rings (SSSR count). The van der Waals surface area contributed by atoms with Gasteiger partial charge in [0.05, 0.1) is 0 Å². The first-order chi connectivity index (χ1) is 9.67. The number of hydrogen-bond donors (Lipinski definition) is 3. The van der Waals surface area contributed by atoms with Gasteiger partial charge in [-0.3, -0.25) is 19.6 Å². The van der Waals surface area contributed by atoms with Crippen molar-refractivity contribution in [1.29, 1.82) is 0 Å². The Kier molecular flexibility index (Phi) is 6.57. The van der Waals surface area contributed by atoms with Crippen LogP contribution in [0, 0.1) is 0 Å². The normalized spacial score (nSPS) is 23.4. The summed E-state index contributed by atoms with van der Waals surface area (Å²) >= 11 is 0. The third-order valence-corrected chi connectivity index (χ3v) is 4.29. The summed E-state index contributed by atoms with van der Waals surface area (Å²) in [6.45, 7) is 10.4. The molecule has 4 atom stereocenters. The zero-order valence-electron chi connectivity index (χ0n) is 13.6. The van der Waals surface area contributed by atoms with Gasteiger partial charge in [0.25, 0.3) is 0 Å². The molecule has 21 heavy (non-hydrogen) atoms. The molecule has 1 saturated heterocycles. The molecule has 1 unspecified atom stereocenters. The molecule has 0 bridgehead atoms. The molecule has 0 aromatic carbocycles. The minimum absolute atomic E-state index is 0.0874. The van der Waals surface area contributed by atoms with Gasteiger partial charge in [-0.15, -0.1) is 0 Å². The van der Waals surface area contributed by atoms with E-state index < -0.39 is 18.1 Å². The topological polar surface area (TPSA) is 81.7 Å². The molecule has 3 N–H and O–H groups in total. The lowest BCUT2D eigenvalue weighted by molar-refractivity contribution is -0.144. The number of rotatable bonds is 6. The fourth-order valence-corrected chi connectivity index (χ4v) is 3.42. The molecule has 0 spiro atoms. The smallest absolute Gasteiger partial charge is 0.320 e. The maximum absolute atomic E-state index is 12.6. The second-order valence-electron chi connectivity index (χ2n) is 6.60. The number of nitrogens with zero attached hydrogens (tertiary/aromatic N) is 1. The summed E-state index contributed by atoms with van der Waals surface area (Å²) < 4.78 is 0. The summed E-state index contributed by atoms with van der Waals surface area (Å²) in [5.74, 6) is -0.943. The fraction of sp³-hybridized carbons (Fsp3) is 0.857. The summed E-state index contributed by atoms with van der Waals surface area (Å²) in [4.78, 5) is 25.9. The van der Waals surface area contributed by atoms with Gasteiger partial charge in [0.15, 0.2) is 0 Å². The van der Waals surface area contributed by atoms with Crippen molar-refractivity contribution in [3.8, 4) is 0 Å². The number of carboxylic acids is 1. The molecular weight excluding hydrogens is 289 g/mol. The van der Waals surface area contributed by atoms with E-state index in [9.17, 15) is 14.7 Å². The molecule has 0 aliphatic carbocycles. The van der Waals surface area contributed by atoms with Crippen LogP contribution in [0.5, 0.6) is 0 Å². The first-order valence-corrected chi connectivity index (χ1v) is 8.90. The SMILES string of the molecule is CPN[C@@H](C)[C@@H](C(=O)NC(C)(C)C)N1CCC[C@H]1C(=O)O. The second kappa shape index (κ2) is 7.52. The molecule has 0 radical (unpaired) electrons. The van der Waals surface area contributed by atoms with Crippen molar-refractivity contribution in [3.05, 3.63) is 0 Å². The van der Waals surface area contributed by atoms with Crippen LogP contribution in [0.3, 0.4) is 0 Å². The lowest BCUT2D eigenvalue weighted by Gasteiger charge is -2.36. The van der Waals surface area contributed by atoms with Gasteiger partial charge in [-0.25, -0.2) is 0 Å². The van der Waals surface area contributed by atoms with E-state index in [1.807, 2.05) is 39.3 Å². The number of carbonyl (C=O) groups is 2. The van der Waals surface area contributed by atoms with Crippen molar-refractivity contribution < 1.29 is 14.7 Å². The van der Waals surface area contributed by atoms with Crippen molar-refractivity contribution >= 4 is 20.6 Å². The van der Waals surface area contributed by atoms with E-state index in [1.54, 1.807) is 0 Å². The third kappa shape index (κ3) is 5.20. The lowest BCUT2D eigenvalue weighted by Crippen LogP contribution is -2.60. The Labute approximate surface area is 128 Å². The summed E-state index contributed by atoms with van der Waals surface area (Å²) in [6, 6.07) is -1.11. The molecule has 7 heteroatoms. The van der Waals surface area contributed by atoms with E-state index in [2.05, 4.69) is 10.4 Å². The van der Waals surface area contributed by atoms with Crippen molar-refractivity contribution in [2.75, 3.05) is 13.2 Å². The number of carbonyl (C=O) groups excluding carboxylic acids is 1. The monoisotopic (exact) mass is 317 g/mol. The Morgan fingerprint density at radius 3 is 2.48 bits per heavy atom. The number of nitrogens with one attached hydrogen (secondary N) is 2. The van der Waals surface area contributed by atoms with E-state index >= 15 is 0 Å². The van der Waals surface area contributed by atoms with E-state index in [0.29, 0.717) is 21.7 Å². The van der Waals surface area contributed by atoms with Crippen LogP contribution in [0.15, 0.2) is 0 Å². The number of likely N-dealkylation sites (tertiary alicyclic amines) is 1. The third-order valence-electron chi connectivity index (χ3n) is 3.55. The van der Waals surface area contributed by atoms with Crippen molar-refractivity contribution in [3.63, 3.8) is 0 Å². The Morgan fingerprint density at radius 2 is 2.00 bits per heavy atom. The molecule has 1 aliphatic rings. The summed E-state index contributed by atoms with van der Waals surface area (Å²) in [5.41, 5.74) is -0.331. The van der Waals surface area contributed by atoms with Crippen molar-refractivity contribution in [2.45, 2.75) is 64.2 Å². The molecule has 0 saturated carbocycles. The Bertz CT molecular complexity index is 384. The first kappa shape index (κ1) is 18.3. The van der Waals surface area contributed by atoms with Crippen LogP contribution in [0.2, 0.25) is 0 Å². The summed E-state index contributed by atoms with van der Waals surface area (Å²) in [7, 11) is 0.510. The lowest BCUT2D eigenvalue weighted by atomic mass is 10.0. The Hall–Kier alpha value is -0.710. The Balaban J connectivity index is 2.96. The highest BCUT2D eigenvalue weighted by Crippen LogP contribution is 2.23. The minimum atomic E-state index is -0.841. The fourth-order valence-electron chi connectivity index (χ4n) is 2.80. The van der Waals surface area contributed by atoms with Crippen LogP contribution in [0.4, 0.5) is 0 Å². The first-order valence-electron chi connectivity index (χ1n) is 7.40. The highest BCUT2D eigenvalue weighted by molar-refractivity contribution is 7.34. The number of aliphatic carboxylic acids is 1. The van der Waals surface area contributed by atoms with Gasteiger partial charge in [-0.1, -0.05) is 8.73 Å². The molecular formula is C14H28N3O3P.